The molecule has 0 bridgehead atoms. The molecule has 0 atom stereocenters. The standard InChI is InChI=1S/C16H14INO3/c17-12-2-1-3-13(9-12)18-10-14(19)11-4-5-15-16(8-11)21-7-6-20-15/h1-5,8-9,18H,6-7,10H2. The van der Waals surface area contributed by atoms with Gasteiger partial charge in [0.25, 0.3) is 0 Å². The summed E-state index contributed by atoms with van der Waals surface area (Å²) in [5, 5.41) is 3.14. The number of ketones is 1. The lowest BCUT2D eigenvalue weighted by Crippen LogP contribution is -2.17. The number of hydrogen-bond donors (Lipinski definition) is 1. The number of fused-ring (bicyclic) bond motifs is 1. The third-order valence-corrected chi connectivity index (χ3v) is 3.81. The number of ether oxygens (including phenoxy) is 2. The molecule has 5 heteroatoms. The Hall–Kier alpha value is -1.76. The minimum absolute atomic E-state index is 0.0193. The maximum atomic E-state index is 12.2. The predicted octanol–water partition coefficient (Wildman–Crippen LogP) is 3.36. The van der Waals surface area contributed by atoms with E-state index in [0.29, 0.717) is 30.3 Å². The van der Waals surface area contributed by atoms with E-state index in [2.05, 4.69) is 27.9 Å². The molecule has 0 saturated heterocycles. The summed E-state index contributed by atoms with van der Waals surface area (Å²) in [5.74, 6) is 1.36. The maximum Gasteiger partial charge on any atom is 0.181 e. The molecule has 0 fully saturated rings. The summed E-state index contributed by atoms with van der Waals surface area (Å²) in [4.78, 5) is 12.2. The average Bonchev–Trinajstić information content (AvgIpc) is 2.52. The molecule has 0 spiro atoms. The van der Waals surface area contributed by atoms with Gasteiger partial charge in [-0.05, 0) is 59.0 Å². The van der Waals surface area contributed by atoms with E-state index >= 15 is 0 Å². The highest BCUT2D eigenvalue weighted by Gasteiger charge is 2.14. The van der Waals surface area contributed by atoms with Crippen molar-refractivity contribution in [2.24, 2.45) is 0 Å². The van der Waals surface area contributed by atoms with Crippen LogP contribution >= 0.6 is 22.6 Å². The van der Waals surface area contributed by atoms with E-state index in [1.54, 1.807) is 18.2 Å². The lowest BCUT2D eigenvalue weighted by molar-refractivity contribution is 0.100. The number of anilines is 1. The van der Waals surface area contributed by atoms with Crippen LogP contribution in [0.1, 0.15) is 10.4 Å². The molecule has 2 aromatic rings. The normalized spacial score (nSPS) is 12.8. The van der Waals surface area contributed by atoms with Crippen molar-refractivity contribution in [1.82, 2.24) is 0 Å². The second-order valence-corrected chi connectivity index (χ2v) is 5.89. The zero-order valence-corrected chi connectivity index (χ0v) is 13.4. The summed E-state index contributed by atoms with van der Waals surface area (Å²) >= 11 is 2.24. The Balaban J connectivity index is 1.68. The Morgan fingerprint density at radius 2 is 1.90 bits per heavy atom. The van der Waals surface area contributed by atoms with E-state index < -0.39 is 0 Å². The highest BCUT2D eigenvalue weighted by atomic mass is 127. The second kappa shape index (κ2) is 6.34. The zero-order valence-electron chi connectivity index (χ0n) is 11.3. The van der Waals surface area contributed by atoms with Gasteiger partial charge in [-0.25, -0.2) is 0 Å². The molecule has 1 aliphatic heterocycles. The molecule has 0 aliphatic carbocycles. The summed E-state index contributed by atoms with van der Waals surface area (Å²) in [7, 11) is 0. The van der Waals surface area contributed by atoms with E-state index in [1.165, 1.54) is 0 Å². The molecule has 3 rings (SSSR count). The van der Waals surface area contributed by atoms with Gasteiger partial charge in [-0.1, -0.05) is 6.07 Å². The molecule has 2 aromatic carbocycles. The smallest absolute Gasteiger partial charge is 0.181 e. The first kappa shape index (κ1) is 14.2. The van der Waals surface area contributed by atoms with Gasteiger partial charge in [-0.15, -0.1) is 0 Å². The third-order valence-electron chi connectivity index (χ3n) is 3.14. The molecule has 4 nitrogen and oxygen atoms in total. The first-order chi connectivity index (χ1) is 10.2. The van der Waals surface area contributed by atoms with Crippen LogP contribution in [-0.4, -0.2) is 25.5 Å². The van der Waals surface area contributed by atoms with Crippen LogP contribution in [0.3, 0.4) is 0 Å². The Morgan fingerprint density at radius 1 is 1.10 bits per heavy atom. The Labute approximate surface area is 136 Å². The van der Waals surface area contributed by atoms with Gasteiger partial charge in [-0.2, -0.15) is 0 Å². The van der Waals surface area contributed by atoms with E-state index in [0.717, 1.165) is 9.26 Å². The van der Waals surface area contributed by atoms with Crippen LogP contribution in [0, 0.1) is 3.57 Å². The number of benzene rings is 2. The highest BCUT2D eigenvalue weighted by molar-refractivity contribution is 14.1. The van der Waals surface area contributed by atoms with E-state index in [4.69, 9.17) is 9.47 Å². The van der Waals surface area contributed by atoms with E-state index in [1.807, 2.05) is 24.3 Å². The molecule has 1 N–H and O–H groups in total. The molecular formula is C16H14INO3. The van der Waals surface area contributed by atoms with Crippen LogP contribution in [0.25, 0.3) is 0 Å². The number of Topliss-reactive ketones (excluding diaryl/α,β-unsaturated/α-hetero) is 1. The van der Waals surface area contributed by atoms with Crippen molar-refractivity contribution in [2.75, 3.05) is 25.1 Å². The summed E-state index contributed by atoms with van der Waals surface area (Å²) in [6, 6.07) is 13.2. The van der Waals surface area contributed by atoms with Crippen LogP contribution in [0.15, 0.2) is 42.5 Å². The predicted molar refractivity (Wildman–Crippen MR) is 89.4 cm³/mol. The van der Waals surface area contributed by atoms with Gasteiger partial charge >= 0.3 is 0 Å². The van der Waals surface area contributed by atoms with Gasteiger partial charge in [-0.3, -0.25) is 4.79 Å². The van der Waals surface area contributed by atoms with Crippen molar-refractivity contribution in [2.45, 2.75) is 0 Å². The fourth-order valence-corrected chi connectivity index (χ4v) is 2.64. The molecule has 21 heavy (non-hydrogen) atoms. The minimum atomic E-state index is 0.0193. The molecule has 0 saturated carbocycles. The minimum Gasteiger partial charge on any atom is -0.486 e. The van der Waals surface area contributed by atoms with Crippen molar-refractivity contribution in [3.05, 3.63) is 51.6 Å². The van der Waals surface area contributed by atoms with Crippen LogP contribution in [0.4, 0.5) is 5.69 Å². The van der Waals surface area contributed by atoms with Crippen molar-refractivity contribution < 1.29 is 14.3 Å². The molecule has 0 radical (unpaired) electrons. The average molecular weight is 395 g/mol. The molecule has 1 heterocycles. The number of halogens is 1. The maximum absolute atomic E-state index is 12.2. The molecule has 0 amide bonds. The topological polar surface area (TPSA) is 47.6 Å². The SMILES string of the molecule is O=C(CNc1cccc(I)c1)c1ccc2c(c1)OCCO2. The molecule has 0 unspecified atom stereocenters. The van der Waals surface area contributed by atoms with Crippen LogP contribution in [0.5, 0.6) is 11.5 Å². The monoisotopic (exact) mass is 395 g/mol. The first-order valence-electron chi connectivity index (χ1n) is 6.65. The molecule has 108 valence electrons. The van der Waals surface area contributed by atoms with Crippen LogP contribution in [-0.2, 0) is 0 Å². The number of carbonyl (C=O) groups is 1. The van der Waals surface area contributed by atoms with Crippen molar-refractivity contribution >= 4 is 34.1 Å². The Morgan fingerprint density at radius 3 is 2.71 bits per heavy atom. The van der Waals surface area contributed by atoms with Gasteiger partial charge in [0.05, 0.1) is 6.54 Å². The van der Waals surface area contributed by atoms with Crippen LogP contribution < -0.4 is 14.8 Å². The summed E-state index contributed by atoms with van der Waals surface area (Å²) in [6.07, 6.45) is 0. The van der Waals surface area contributed by atoms with Gasteiger partial charge in [0.15, 0.2) is 17.3 Å². The van der Waals surface area contributed by atoms with Gasteiger partial charge in [0.2, 0.25) is 0 Å². The fraction of sp³-hybridized carbons (Fsp3) is 0.188. The summed E-state index contributed by atoms with van der Waals surface area (Å²) in [5.41, 5.74) is 1.56. The zero-order chi connectivity index (χ0) is 14.7. The van der Waals surface area contributed by atoms with E-state index in [9.17, 15) is 4.79 Å². The van der Waals surface area contributed by atoms with Gasteiger partial charge in [0, 0.05) is 14.8 Å². The summed E-state index contributed by atoms with van der Waals surface area (Å²) in [6.45, 7) is 1.32. The number of rotatable bonds is 4. The first-order valence-corrected chi connectivity index (χ1v) is 7.72. The fourth-order valence-electron chi connectivity index (χ4n) is 2.10. The molecular weight excluding hydrogens is 381 g/mol. The molecule has 0 aromatic heterocycles. The lowest BCUT2D eigenvalue weighted by Gasteiger charge is -2.18. The largest absolute Gasteiger partial charge is 0.486 e. The lowest BCUT2D eigenvalue weighted by atomic mass is 10.1. The van der Waals surface area contributed by atoms with Crippen molar-refractivity contribution in [3.8, 4) is 11.5 Å². The second-order valence-electron chi connectivity index (χ2n) is 4.65. The summed E-state index contributed by atoms with van der Waals surface area (Å²) < 4.78 is 12.1. The quantitative estimate of drug-likeness (QED) is 0.637. The van der Waals surface area contributed by atoms with Gasteiger partial charge in [0.1, 0.15) is 13.2 Å². The number of carbonyl (C=O) groups excluding carboxylic acids is 1. The highest BCUT2D eigenvalue weighted by Crippen LogP contribution is 2.30. The van der Waals surface area contributed by atoms with Crippen molar-refractivity contribution in [1.29, 1.82) is 0 Å². The Kier molecular flexibility index (Phi) is 4.28. The number of nitrogens with one attached hydrogen (secondary N) is 1. The molecule has 1 aliphatic rings. The van der Waals surface area contributed by atoms with Crippen molar-refractivity contribution in [3.63, 3.8) is 0 Å². The number of hydrogen-bond acceptors (Lipinski definition) is 4. The Bertz CT molecular complexity index is 672. The van der Waals surface area contributed by atoms with E-state index in [-0.39, 0.29) is 12.3 Å². The third kappa shape index (κ3) is 3.47. The van der Waals surface area contributed by atoms with Crippen LogP contribution in [0.2, 0.25) is 0 Å². The van der Waals surface area contributed by atoms with Gasteiger partial charge < -0.3 is 14.8 Å².